The molecular formula is C17H31N3O. The van der Waals surface area contributed by atoms with E-state index in [4.69, 9.17) is 10.5 Å². The van der Waals surface area contributed by atoms with Crippen LogP contribution in [0.15, 0.2) is 12.4 Å². The molecule has 0 saturated heterocycles. The van der Waals surface area contributed by atoms with Crippen LogP contribution in [-0.4, -0.2) is 28.3 Å². The van der Waals surface area contributed by atoms with Gasteiger partial charge >= 0.3 is 0 Å². The maximum absolute atomic E-state index is 6.23. The predicted octanol–water partition coefficient (Wildman–Crippen LogP) is 2.91. The van der Waals surface area contributed by atoms with E-state index in [-0.39, 0.29) is 5.60 Å². The normalized spacial score (nSPS) is 27.0. The van der Waals surface area contributed by atoms with Crippen molar-refractivity contribution in [1.29, 1.82) is 0 Å². The summed E-state index contributed by atoms with van der Waals surface area (Å²) in [6.45, 7) is 8.37. The second kappa shape index (κ2) is 6.49. The molecule has 2 rings (SSSR count). The summed E-state index contributed by atoms with van der Waals surface area (Å²) in [7, 11) is 2.02. The molecule has 1 aromatic rings. The second-order valence-corrected chi connectivity index (χ2v) is 7.58. The van der Waals surface area contributed by atoms with Crippen molar-refractivity contribution in [2.45, 2.75) is 58.5 Å². The number of hydrogen-bond donors (Lipinski definition) is 1. The molecule has 21 heavy (non-hydrogen) atoms. The summed E-state index contributed by atoms with van der Waals surface area (Å²) in [5.74, 6) is 1.86. The van der Waals surface area contributed by atoms with Gasteiger partial charge in [0.05, 0.1) is 12.2 Å². The van der Waals surface area contributed by atoms with Crippen LogP contribution in [0.2, 0.25) is 0 Å². The van der Waals surface area contributed by atoms with E-state index >= 15 is 0 Å². The highest BCUT2D eigenvalue weighted by Gasteiger charge is 2.38. The van der Waals surface area contributed by atoms with Crippen molar-refractivity contribution in [3.8, 4) is 0 Å². The van der Waals surface area contributed by atoms with Gasteiger partial charge in [0, 0.05) is 32.4 Å². The Bertz CT molecular complexity index is 439. The van der Waals surface area contributed by atoms with E-state index in [0.29, 0.717) is 18.6 Å². The van der Waals surface area contributed by atoms with Gasteiger partial charge in [0.1, 0.15) is 5.82 Å². The number of aryl methyl sites for hydroxylation is 1. The summed E-state index contributed by atoms with van der Waals surface area (Å²) in [4.78, 5) is 4.34. The quantitative estimate of drug-likeness (QED) is 0.908. The molecule has 0 aromatic carbocycles. The first kappa shape index (κ1) is 16.5. The molecule has 4 nitrogen and oxygen atoms in total. The first-order chi connectivity index (χ1) is 9.86. The fourth-order valence-corrected chi connectivity index (χ4v) is 3.41. The predicted molar refractivity (Wildman–Crippen MR) is 86.1 cm³/mol. The van der Waals surface area contributed by atoms with Crippen molar-refractivity contribution < 1.29 is 4.74 Å². The third kappa shape index (κ3) is 4.07. The number of nitrogens with two attached hydrogens (primary N) is 1. The lowest BCUT2D eigenvalue weighted by Gasteiger charge is -2.43. The van der Waals surface area contributed by atoms with Crippen LogP contribution >= 0.6 is 0 Å². The minimum absolute atomic E-state index is 0.104. The smallest absolute Gasteiger partial charge is 0.110 e. The number of nitrogens with zero attached hydrogens (tertiary/aromatic N) is 2. The van der Waals surface area contributed by atoms with Crippen molar-refractivity contribution in [2.75, 3.05) is 13.2 Å². The molecule has 0 unspecified atom stereocenters. The van der Waals surface area contributed by atoms with Gasteiger partial charge in [-0.2, -0.15) is 0 Å². The molecule has 0 aliphatic heterocycles. The van der Waals surface area contributed by atoms with Crippen LogP contribution in [0.3, 0.4) is 0 Å². The molecule has 0 radical (unpaired) electrons. The van der Waals surface area contributed by atoms with Gasteiger partial charge in [-0.25, -0.2) is 4.98 Å². The van der Waals surface area contributed by atoms with Crippen molar-refractivity contribution in [1.82, 2.24) is 9.55 Å². The summed E-state index contributed by atoms with van der Waals surface area (Å²) in [6, 6.07) is 0. The Balaban J connectivity index is 1.84. The first-order valence-corrected chi connectivity index (χ1v) is 8.16. The zero-order valence-corrected chi connectivity index (χ0v) is 14.1. The molecule has 2 N–H and O–H groups in total. The van der Waals surface area contributed by atoms with Crippen LogP contribution in [0.1, 0.15) is 52.3 Å². The van der Waals surface area contributed by atoms with Crippen LogP contribution < -0.4 is 5.73 Å². The number of aromatic nitrogens is 2. The third-order valence-electron chi connectivity index (χ3n) is 5.15. The molecule has 1 aliphatic carbocycles. The first-order valence-electron chi connectivity index (χ1n) is 8.16. The van der Waals surface area contributed by atoms with E-state index in [0.717, 1.165) is 31.0 Å². The number of hydrogen-bond acceptors (Lipinski definition) is 3. The van der Waals surface area contributed by atoms with Crippen LogP contribution in [-0.2, 0) is 18.2 Å². The van der Waals surface area contributed by atoms with E-state index in [1.807, 2.05) is 19.4 Å². The monoisotopic (exact) mass is 293 g/mol. The molecule has 0 atom stereocenters. The Labute approximate surface area is 129 Å². The molecule has 1 aliphatic rings. The Morgan fingerprint density at radius 1 is 1.38 bits per heavy atom. The summed E-state index contributed by atoms with van der Waals surface area (Å²) in [5, 5.41) is 0. The van der Waals surface area contributed by atoms with E-state index < -0.39 is 0 Å². The zero-order chi connectivity index (χ0) is 15.5. The van der Waals surface area contributed by atoms with Gasteiger partial charge in [-0.1, -0.05) is 20.8 Å². The molecule has 0 spiro atoms. The molecule has 120 valence electrons. The van der Waals surface area contributed by atoms with E-state index in [1.54, 1.807) is 0 Å². The van der Waals surface area contributed by atoms with Crippen molar-refractivity contribution in [3.05, 3.63) is 18.2 Å². The lowest BCUT2D eigenvalue weighted by atomic mass is 9.68. The topological polar surface area (TPSA) is 53.1 Å². The molecular weight excluding hydrogens is 262 g/mol. The molecule has 1 aromatic heterocycles. The van der Waals surface area contributed by atoms with Crippen LogP contribution in [0.5, 0.6) is 0 Å². The largest absolute Gasteiger partial charge is 0.373 e. The van der Waals surface area contributed by atoms with Crippen LogP contribution in [0.4, 0.5) is 0 Å². The Morgan fingerprint density at radius 2 is 2.05 bits per heavy atom. The van der Waals surface area contributed by atoms with E-state index in [2.05, 4.69) is 30.3 Å². The van der Waals surface area contributed by atoms with Gasteiger partial charge in [0.25, 0.3) is 0 Å². The number of imidazole rings is 1. The van der Waals surface area contributed by atoms with Crippen LogP contribution in [0, 0.1) is 11.3 Å². The highest BCUT2D eigenvalue weighted by molar-refractivity contribution is 4.94. The van der Waals surface area contributed by atoms with Gasteiger partial charge in [-0.05, 0) is 37.0 Å². The molecule has 4 heteroatoms. The standard InChI is InChI=1S/C17H31N3O/c1-16(2,3)14-5-8-17(13-18,9-6-14)21-12-7-15-19-10-11-20(15)4/h10-11,14H,5-9,12-13,18H2,1-4H3. The Morgan fingerprint density at radius 3 is 2.52 bits per heavy atom. The minimum Gasteiger partial charge on any atom is -0.373 e. The molecule has 1 heterocycles. The summed E-state index contributed by atoms with van der Waals surface area (Å²) >= 11 is 0. The highest BCUT2D eigenvalue weighted by atomic mass is 16.5. The van der Waals surface area contributed by atoms with Gasteiger partial charge in [-0.15, -0.1) is 0 Å². The molecule has 0 amide bonds. The number of rotatable bonds is 5. The maximum Gasteiger partial charge on any atom is 0.110 e. The number of ether oxygens (including phenoxy) is 1. The van der Waals surface area contributed by atoms with Crippen molar-refractivity contribution >= 4 is 0 Å². The minimum atomic E-state index is -0.104. The Hall–Kier alpha value is -0.870. The lowest BCUT2D eigenvalue weighted by molar-refractivity contribution is -0.0790. The van der Waals surface area contributed by atoms with Gasteiger partial charge in [0.2, 0.25) is 0 Å². The SMILES string of the molecule is Cn1ccnc1CCOC1(CN)CCC(C(C)(C)C)CC1. The maximum atomic E-state index is 6.23. The summed E-state index contributed by atoms with van der Waals surface area (Å²) in [5.41, 5.74) is 6.33. The van der Waals surface area contributed by atoms with E-state index in [1.165, 1.54) is 12.8 Å². The highest BCUT2D eigenvalue weighted by Crippen LogP contribution is 2.42. The van der Waals surface area contributed by atoms with E-state index in [9.17, 15) is 0 Å². The lowest BCUT2D eigenvalue weighted by Crippen LogP contribution is -2.46. The van der Waals surface area contributed by atoms with Crippen molar-refractivity contribution in [2.24, 2.45) is 24.1 Å². The summed E-state index contributed by atoms with van der Waals surface area (Å²) in [6.07, 6.45) is 9.29. The van der Waals surface area contributed by atoms with Gasteiger partial charge < -0.3 is 15.0 Å². The molecule has 1 fully saturated rings. The van der Waals surface area contributed by atoms with Crippen LogP contribution in [0.25, 0.3) is 0 Å². The summed E-state index contributed by atoms with van der Waals surface area (Å²) < 4.78 is 8.28. The third-order valence-corrected chi connectivity index (χ3v) is 5.15. The average molecular weight is 293 g/mol. The van der Waals surface area contributed by atoms with Crippen molar-refractivity contribution in [3.63, 3.8) is 0 Å². The average Bonchev–Trinajstić information content (AvgIpc) is 2.84. The van der Waals surface area contributed by atoms with Gasteiger partial charge in [0.15, 0.2) is 0 Å². The Kier molecular flexibility index (Phi) is 5.10. The molecule has 0 bridgehead atoms. The fraction of sp³-hybridized carbons (Fsp3) is 0.824. The van der Waals surface area contributed by atoms with Gasteiger partial charge in [-0.3, -0.25) is 0 Å². The zero-order valence-electron chi connectivity index (χ0n) is 14.1. The fourth-order valence-electron chi connectivity index (χ4n) is 3.41. The molecule has 1 saturated carbocycles. The second-order valence-electron chi connectivity index (χ2n) is 7.58.